The van der Waals surface area contributed by atoms with E-state index in [1.165, 1.54) is 0 Å². The highest BCUT2D eigenvalue weighted by molar-refractivity contribution is 6.74. The largest absolute Gasteiger partial charge is 0.409 e. The third kappa shape index (κ3) is 7.64. The van der Waals surface area contributed by atoms with Gasteiger partial charge in [0.1, 0.15) is 6.10 Å². The quantitative estimate of drug-likeness (QED) is 0.501. The highest BCUT2D eigenvalue weighted by Crippen LogP contribution is 2.39. The van der Waals surface area contributed by atoms with Gasteiger partial charge in [0.2, 0.25) is 0 Å². The maximum absolute atomic E-state index is 13.2. The van der Waals surface area contributed by atoms with Crippen LogP contribution >= 0.6 is 0 Å². The molecule has 8 heteroatoms. The minimum absolute atomic E-state index is 0.0631. The van der Waals surface area contributed by atoms with Crippen molar-refractivity contribution < 1.29 is 23.5 Å². The van der Waals surface area contributed by atoms with Crippen LogP contribution in [0.3, 0.4) is 0 Å². The summed E-state index contributed by atoms with van der Waals surface area (Å²) in [4.78, 5) is 25.9. The van der Waals surface area contributed by atoms with Crippen LogP contribution < -0.4 is 5.32 Å². The van der Waals surface area contributed by atoms with Crippen molar-refractivity contribution in [3.05, 3.63) is 30.3 Å². The van der Waals surface area contributed by atoms with Crippen LogP contribution in [-0.2, 0) is 18.4 Å². The molecular weight excluding hydrogens is 426 g/mol. The van der Waals surface area contributed by atoms with Gasteiger partial charge in [-0.2, -0.15) is 0 Å². The first-order valence-corrected chi connectivity index (χ1v) is 16.6. The molecule has 0 aliphatic heterocycles. The van der Waals surface area contributed by atoms with Crippen molar-refractivity contribution in [1.29, 1.82) is 0 Å². The number of anilines is 1. The molecule has 0 spiro atoms. The summed E-state index contributed by atoms with van der Waals surface area (Å²) in [6.07, 6.45) is -2.92. The average Bonchev–Trinajstić information content (AvgIpc) is 2.62. The highest BCUT2D eigenvalue weighted by atomic mass is 28.4. The Morgan fingerprint density at radius 3 is 1.87 bits per heavy atom. The zero-order valence-corrected chi connectivity index (χ0v) is 22.8. The standard InChI is InChI=1S/C23H41NO5Si2/c1-22(2,3)30(7,8)28-16-18(25)20(29-31(9,10)23(4,5)6)19(26)21(27)24-17-14-12-11-13-15-17/h11-15,19-20,26H,16H2,1-10H3,(H,24,27)/t19-,20+/m1/s1. The Morgan fingerprint density at radius 1 is 0.935 bits per heavy atom. The van der Waals surface area contributed by atoms with Crippen molar-refractivity contribution in [1.82, 2.24) is 0 Å². The van der Waals surface area contributed by atoms with Crippen molar-refractivity contribution in [2.45, 2.75) is 90.0 Å². The van der Waals surface area contributed by atoms with Crippen LogP contribution in [0.4, 0.5) is 5.69 Å². The van der Waals surface area contributed by atoms with Gasteiger partial charge in [-0.15, -0.1) is 0 Å². The lowest BCUT2D eigenvalue weighted by Gasteiger charge is -2.40. The molecule has 0 heterocycles. The van der Waals surface area contributed by atoms with Gasteiger partial charge in [0.05, 0.1) is 6.61 Å². The summed E-state index contributed by atoms with van der Waals surface area (Å²) in [6.45, 7) is 20.3. The van der Waals surface area contributed by atoms with E-state index in [-0.39, 0.29) is 16.7 Å². The van der Waals surface area contributed by atoms with Gasteiger partial charge in [0.25, 0.3) is 5.91 Å². The number of aliphatic hydroxyl groups excluding tert-OH is 1. The van der Waals surface area contributed by atoms with Crippen molar-refractivity contribution >= 4 is 34.0 Å². The Balaban J connectivity index is 3.10. The van der Waals surface area contributed by atoms with Gasteiger partial charge in [-0.3, -0.25) is 9.59 Å². The Labute approximate surface area is 190 Å². The van der Waals surface area contributed by atoms with Gasteiger partial charge in [-0.05, 0) is 48.4 Å². The molecule has 1 aromatic carbocycles. The van der Waals surface area contributed by atoms with Gasteiger partial charge in [-0.1, -0.05) is 59.7 Å². The van der Waals surface area contributed by atoms with Crippen LogP contribution in [0.5, 0.6) is 0 Å². The molecule has 2 N–H and O–H groups in total. The van der Waals surface area contributed by atoms with Crippen LogP contribution in [0.1, 0.15) is 41.5 Å². The minimum atomic E-state index is -2.45. The number of benzene rings is 1. The van der Waals surface area contributed by atoms with Crippen molar-refractivity contribution in [2.24, 2.45) is 0 Å². The molecule has 0 aromatic heterocycles. The Hall–Kier alpha value is -1.33. The number of rotatable bonds is 9. The smallest absolute Gasteiger partial charge is 0.256 e. The number of carbonyl (C=O) groups excluding carboxylic acids is 2. The highest BCUT2D eigenvalue weighted by Gasteiger charge is 2.45. The van der Waals surface area contributed by atoms with Gasteiger partial charge < -0.3 is 19.3 Å². The molecule has 0 saturated heterocycles. The summed E-state index contributed by atoms with van der Waals surface area (Å²) < 4.78 is 12.3. The van der Waals surface area contributed by atoms with E-state index in [4.69, 9.17) is 8.85 Å². The van der Waals surface area contributed by atoms with Crippen molar-refractivity contribution in [3.8, 4) is 0 Å². The lowest BCUT2D eigenvalue weighted by molar-refractivity contribution is -0.142. The summed E-state index contributed by atoms with van der Waals surface area (Å²) in [7, 11) is -4.63. The molecule has 1 aromatic rings. The van der Waals surface area contributed by atoms with E-state index < -0.39 is 40.5 Å². The van der Waals surface area contributed by atoms with Crippen LogP contribution in [0.15, 0.2) is 30.3 Å². The first-order valence-electron chi connectivity index (χ1n) is 10.8. The molecule has 0 saturated carbocycles. The number of hydrogen-bond donors (Lipinski definition) is 2. The summed E-state index contributed by atoms with van der Waals surface area (Å²) in [6, 6.07) is 8.83. The average molecular weight is 468 g/mol. The number of amides is 1. The number of para-hydroxylation sites is 1. The zero-order chi connectivity index (χ0) is 24.3. The molecule has 2 atom stereocenters. The molecular formula is C23H41NO5Si2. The fourth-order valence-corrected chi connectivity index (χ4v) is 4.41. The fraction of sp³-hybridized carbons (Fsp3) is 0.652. The van der Waals surface area contributed by atoms with Crippen molar-refractivity contribution in [3.63, 3.8) is 0 Å². The maximum Gasteiger partial charge on any atom is 0.256 e. The number of ketones is 1. The molecule has 0 radical (unpaired) electrons. The second-order valence-corrected chi connectivity index (χ2v) is 20.7. The Morgan fingerprint density at radius 2 is 1.42 bits per heavy atom. The second-order valence-electron chi connectivity index (χ2n) is 11.1. The molecule has 0 aliphatic rings. The zero-order valence-electron chi connectivity index (χ0n) is 20.8. The van der Waals surface area contributed by atoms with E-state index in [1.807, 2.05) is 39.9 Å². The van der Waals surface area contributed by atoms with Gasteiger partial charge >= 0.3 is 0 Å². The van der Waals surface area contributed by atoms with Crippen LogP contribution in [0.2, 0.25) is 36.3 Å². The van der Waals surface area contributed by atoms with Gasteiger partial charge in [-0.25, -0.2) is 0 Å². The lowest BCUT2D eigenvalue weighted by Crippen LogP contribution is -2.54. The van der Waals surface area contributed by atoms with Crippen LogP contribution in [0.25, 0.3) is 0 Å². The van der Waals surface area contributed by atoms with E-state index in [0.717, 1.165) is 0 Å². The normalized spacial score (nSPS) is 15.3. The number of aliphatic hydroxyl groups is 1. The first-order chi connectivity index (χ1) is 13.9. The van der Waals surface area contributed by atoms with Gasteiger partial charge in [0, 0.05) is 5.69 Å². The lowest BCUT2D eigenvalue weighted by atomic mass is 10.1. The van der Waals surface area contributed by atoms with E-state index in [0.29, 0.717) is 5.69 Å². The number of nitrogens with one attached hydrogen (secondary N) is 1. The Bertz CT molecular complexity index is 751. The van der Waals surface area contributed by atoms with E-state index >= 15 is 0 Å². The molecule has 0 unspecified atom stereocenters. The number of Topliss-reactive ketones (excluding diaryl/α,β-unsaturated/α-hetero) is 1. The van der Waals surface area contributed by atoms with Gasteiger partial charge in [0.15, 0.2) is 28.5 Å². The first kappa shape index (κ1) is 27.7. The monoisotopic (exact) mass is 467 g/mol. The summed E-state index contributed by atoms with van der Waals surface area (Å²) in [5, 5.41) is 13.3. The number of carbonyl (C=O) groups is 2. The fourth-order valence-electron chi connectivity index (χ4n) is 2.23. The van der Waals surface area contributed by atoms with Crippen molar-refractivity contribution in [2.75, 3.05) is 11.9 Å². The van der Waals surface area contributed by atoms with Crippen LogP contribution in [-0.4, -0.2) is 52.2 Å². The molecule has 176 valence electrons. The second kappa shape index (κ2) is 10.1. The molecule has 0 fully saturated rings. The third-order valence-electron chi connectivity index (χ3n) is 6.52. The maximum atomic E-state index is 13.2. The predicted molar refractivity (Wildman–Crippen MR) is 131 cm³/mol. The van der Waals surface area contributed by atoms with E-state index in [9.17, 15) is 14.7 Å². The SMILES string of the molecule is CC(C)(C)[Si](C)(C)OCC(=O)[C@H](O[Si](C)(C)C(C)(C)C)[C@@H](O)C(=O)Nc1ccccc1. The third-order valence-corrected chi connectivity index (χ3v) is 15.5. The predicted octanol–water partition coefficient (Wildman–Crippen LogP) is 4.97. The van der Waals surface area contributed by atoms with E-state index in [2.05, 4.69) is 39.2 Å². The molecule has 6 nitrogen and oxygen atoms in total. The van der Waals surface area contributed by atoms with Crippen LogP contribution in [0, 0.1) is 0 Å². The molecule has 1 amide bonds. The molecule has 1 rings (SSSR count). The summed E-state index contributed by atoms with van der Waals surface area (Å²) in [5.74, 6) is -1.08. The summed E-state index contributed by atoms with van der Waals surface area (Å²) in [5.41, 5.74) is 0.544. The number of hydrogen-bond acceptors (Lipinski definition) is 5. The topological polar surface area (TPSA) is 84.9 Å². The molecule has 31 heavy (non-hydrogen) atoms. The molecule has 0 bridgehead atoms. The summed E-state index contributed by atoms with van der Waals surface area (Å²) >= 11 is 0. The Kier molecular flexibility index (Phi) is 9.01. The molecule has 0 aliphatic carbocycles. The van der Waals surface area contributed by atoms with E-state index in [1.54, 1.807) is 24.3 Å². The minimum Gasteiger partial charge on any atom is -0.409 e.